The minimum absolute atomic E-state index is 0.335. The molecule has 102 valence electrons. The van der Waals surface area contributed by atoms with Crippen LogP contribution in [0.1, 0.15) is 5.56 Å². The van der Waals surface area contributed by atoms with Gasteiger partial charge in [-0.1, -0.05) is 39.7 Å². The van der Waals surface area contributed by atoms with Crippen molar-refractivity contribution in [2.24, 2.45) is 0 Å². The number of ether oxygens (including phenoxy) is 2. The Bertz CT molecular complexity index is 640. The van der Waals surface area contributed by atoms with Crippen LogP contribution >= 0.6 is 27.5 Å². The average Bonchev–Trinajstić information content (AvgIpc) is 2.44. The maximum Gasteiger partial charge on any atom is 0.138 e. The second-order valence-corrected chi connectivity index (χ2v) is 5.20. The van der Waals surface area contributed by atoms with Gasteiger partial charge in [0.15, 0.2) is 0 Å². The minimum atomic E-state index is 0.335. The number of hydrogen-bond donors (Lipinski definition) is 0. The molecule has 20 heavy (non-hydrogen) atoms. The number of halogens is 2. The van der Waals surface area contributed by atoms with E-state index in [1.165, 1.54) is 0 Å². The molecule has 0 bridgehead atoms. The molecule has 0 aromatic heterocycles. The lowest BCUT2D eigenvalue weighted by Crippen LogP contribution is -2.09. The molecule has 0 radical (unpaired) electrons. The molecule has 2 aromatic carbocycles. The first kappa shape index (κ1) is 14.7. The van der Waals surface area contributed by atoms with E-state index in [0.29, 0.717) is 29.5 Å². The van der Waals surface area contributed by atoms with Gasteiger partial charge in [-0.15, -0.1) is 0 Å². The van der Waals surface area contributed by atoms with E-state index in [0.717, 1.165) is 10.2 Å². The molecule has 0 fully saturated rings. The Morgan fingerprint density at radius 2 is 1.85 bits per heavy atom. The number of hydrogen-bond acceptors (Lipinski definition) is 3. The van der Waals surface area contributed by atoms with Crippen molar-refractivity contribution in [3.63, 3.8) is 0 Å². The van der Waals surface area contributed by atoms with Gasteiger partial charge in [0.05, 0.1) is 5.02 Å². The lowest BCUT2D eigenvalue weighted by atomic mass is 10.2. The molecule has 0 aliphatic rings. The SMILES string of the molecule is N#Cc1c(Cl)cccc1OCCOc1cccc(Br)c1. The summed E-state index contributed by atoms with van der Waals surface area (Å²) < 4.78 is 12.0. The fraction of sp³-hybridized carbons (Fsp3) is 0.133. The molecule has 0 spiro atoms. The van der Waals surface area contributed by atoms with Crippen molar-refractivity contribution in [1.82, 2.24) is 0 Å². The normalized spacial score (nSPS) is 9.85. The predicted molar refractivity (Wildman–Crippen MR) is 81.3 cm³/mol. The first-order valence-corrected chi connectivity index (χ1v) is 7.07. The van der Waals surface area contributed by atoms with Crippen LogP contribution in [0.5, 0.6) is 11.5 Å². The van der Waals surface area contributed by atoms with E-state index in [9.17, 15) is 0 Å². The third kappa shape index (κ3) is 3.89. The van der Waals surface area contributed by atoms with Crippen molar-refractivity contribution in [2.45, 2.75) is 0 Å². The number of nitriles is 1. The van der Waals surface area contributed by atoms with Crippen molar-refractivity contribution >= 4 is 27.5 Å². The highest BCUT2D eigenvalue weighted by Crippen LogP contribution is 2.25. The number of nitrogens with zero attached hydrogens (tertiary/aromatic N) is 1. The molecule has 0 unspecified atom stereocenters. The van der Waals surface area contributed by atoms with E-state index < -0.39 is 0 Å². The third-order valence-corrected chi connectivity index (χ3v) is 3.30. The largest absolute Gasteiger partial charge is 0.490 e. The highest BCUT2D eigenvalue weighted by Gasteiger charge is 2.07. The van der Waals surface area contributed by atoms with Gasteiger partial charge >= 0.3 is 0 Å². The molecule has 0 saturated carbocycles. The molecule has 3 nitrogen and oxygen atoms in total. The highest BCUT2D eigenvalue weighted by molar-refractivity contribution is 9.10. The Hall–Kier alpha value is -1.70. The van der Waals surface area contributed by atoms with Crippen LogP contribution in [-0.2, 0) is 0 Å². The van der Waals surface area contributed by atoms with E-state index in [1.807, 2.05) is 30.3 Å². The zero-order valence-electron chi connectivity index (χ0n) is 10.5. The molecule has 0 saturated heterocycles. The summed E-state index contributed by atoms with van der Waals surface area (Å²) in [6.07, 6.45) is 0. The van der Waals surface area contributed by atoms with Crippen molar-refractivity contribution in [2.75, 3.05) is 13.2 Å². The van der Waals surface area contributed by atoms with E-state index in [2.05, 4.69) is 15.9 Å². The van der Waals surface area contributed by atoms with E-state index >= 15 is 0 Å². The summed E-state index contributed by atoms with van der Waals surface area (Å²) in [5.74, 6) is 1.23. The highest BCUT2D eigenvalue weighted by atomic mass is 79.9. The second-order valence-electron chi connectivity index (χ2n) is 3.88. The quantitative estimate of drug-likeness (QED) is 0.747. The molecule has 2 rings (SSSR count). The summed E-state index contributed by atoms with van der Waals surface area (Å²) in [5, 5.41) is 9.40. The second kappa shape index (κ2) is 7.18. The van der Waals surface area contributed by atoms with Crippen molar-refractivity contribution in [1.29, 1.82) is 5.26 Å². The van der Waals surface area contributed by atoms with Crippen LogP contribution in [-0.4, -0.2) is 13.2 Å². The zero-order chi connectivity index (χ0) is 14.4. The number of benzene rings is 2. The van der Waals surface area contributed by atoms with Gasteiger partial charge in [0, 0.05) is 4.47 Å². The van der Waals surface area contributed by atoms with E-state index in [1.54, 1.807) is 18.2 Å². The van der Waals surface area contributed by atoms with Crippen molar-refractivity contribution < 1.29 is 9.47 Å². The Labute approximate surface area is 130 Å². The molecule has 0 atom stereocenters. The molecule has 0 amide bonds. The molecular formula is C15H11BrClNO2. The van der Waals surface area contributed by atoms with Gasteiger partial charge < -0.3 is 9.47 Å². The van der Waals surface area contributed by atoms with Gasteiger partial charge in [-0.2, -0.15) is 5.26 Å². The molecule has 0 N–H and O–H groups in total. The smallest absolute Gasteiger partial charge is 0.138 e. The summed E-state index contributed by atoms with van der Waals surface area (Å²) in [4.78, 5) is 0. The fourth-order valence-electron chi connectivity index (χ4n) is 1.60. The van der Waals surface area contributed by atoms with Crippen LogP contribution in [0.2, 0.25) is 5.02 Å². The zero-order valence-corrected chi connectivity index (χ0v) is 12.8. The lowest BCUT2D eigenvalue weighted by Gasteiger charge is -2.10. The Morgan fingerprint density at radius 1 is 1.10 bits per heavy atom. The number of rotatable bonds is 5. The van der Waals surface area contributed by atoms with E-state index in [-0.39, 0.29) is 0 Å². The van der Waals surface area contributed by atoms with Crippen LogP contribution in [0, 0.1) is 11.3 Å². The summed E-state index contributed by atoms with van der Waals surface area (Å²) in [5.41, 5.74) is 0.344. The molecule has 2 aromatic rings. The van der Waals surface area contributed by atoms with Gasteiger partial charge in [-0.05, 0) is 30.3 Å². The van der Waals surface area contributed by atoms with Crippen LogP contribution in [0.15, 0.2) is 46.9 Å². The Morgan fingerprint density at radius 3 is 2.60 bits per heavy atom. The molecule has 0 aliphatic heterocycles. The summed E-state index contributed by atoms with van der Waals surface area (Å²) >= 11 is 9.29. The Balaban J connectivity index is 1.88. The van der Waals surface area contributed by atoms with E-state index in [4.69, 9.17) is 26.3 Å². The van der Waals surface area contributed by atoms with Crippen molar-refractivity contribution in [3.8, 4) is 17.6 Å². The van der Waals surface area contributed by atoms with Crippen LogP contribution in [0.3, 0.4) is 0 Å². The molecule has 0 aliphatic carbocycles. The third-order valence-electron chi connectivity index (χ3n) is 2.49. The monoisotopic (exact) mass is 351 g/mol. The van der Waals surface area contributed by atoms with Gasteiger partial charge in [0.2, 0.25) is 0 Å². The maximum absolute atomic E-state index is 9.01. The molecule has 5 heteroatoms. The average molecular weight is 353 g/mol. The predicted octanol–water partition coefficient (Wildman–Crippen LogP) is 4.43. The summed E-state index contributed by atoms with van der Waals surface area (Å²) in [6.45, 7) is 0.718. The fourth-order valence-corrected chi connectivity index (χ4v) is 2.19. The first-order chi connectivity index (χ1) is 9.70. The maximum atomic E-state index is 9.01. The first-order valence-electron chi connectivity index (χ1n) is 5.90. The summed E-state index contributed by atoms with van der Waals surface area (Å²) in [6, 6.07) is 14.7. The van der Waals surface area contributed by atoms with Crippen molar-refractivity contribution in [3.05, 3.63) is 57.5 Å². The van der Waals surface area contributed by atoms with Gasteiger partial charge in [0.25, 0.3) is 0 Å². The van der Waals surface area contributed by atoms with Gasteiger partial charge in [-0.25, -0.2) is 0 Å². The standard InChI is InChI=1S/C15H11BrClNO2/c16-11-3-1-4-12(9-11)19-7-8-20-15-6-2-5-14(17)13(15)10-18/h1-6,9H,7-8H2. The van der Waals surface area contributed by atoms with Gasteiger partial charge in [0.1, 0.15) is 36.3 Å². The lowest BCUT2D eigenvalue weighted by molar-refractivity contribution is 0.216. The summed E-state index contributed by atoms with van der Waals surface area (Å²) in [7, 11) is 0. The van der Waals surface area contributed by atoms with Crippen LogP contribution in [0.25, 0.3) is 0 Å². The van der Waals surface area contributed by atoms with Crippen LogP contribution in [0.4, 0.5) is 0 Å². The van der Waals surface area contributed by atoms with Crippen LogP contribution < -0.4 is 9.47 Å². The molecule has 0 heterocycles. The minimum Gasteiger partial charge on any atom is -0.490 e. The topological polar surface area (TPSA) is 42.2 Å². The molecular weight excluding hydrogens is 342 g/mol. The van der Waals surface area contributed by atoms with Gasteiger partial charge in [-0.3, -0.25) is 0 Å². The Kier molecular flexibility index (Phi) is 5.28.